The molecule has 0 bridgehead atoms. The van der Waals surface area contributed by atoms with E-state index in [1.165, 1.54) is 19.2 Å². The Labute approximate surface area is 211 Å². The van der Waals surface area contributed by atoms with Crippen LogP contribution in [0.15, 0.2) is 29.5 Å². The van der Waals surface area contributed by atoms with E-state index in [2.05, 4.69) is 47.8 Å². The first-order valence-electron chi connectivity index (χ1n) is 10.3. The van der Waals surface area contributed by atoms with Crippen molar-refractivity contribution in [3.8, 4) is 5.88 Å². The Balaban J connectivity index is 2.41. The average Bonchev–Trinajstić information content (AvgIpc) is 3.26. The molecule has 1 aliphatic rings. The number of fused-ring (bicyclic) bond motifs is 1. The van der Waals surface area contributed by atoms with E-state index in [1.54, 1.807) is 0 Å². The van der Waals surface area contributed by atoms with Gasteiger partial charge in [0, 0.05) is 18.7 Å². The summed E-state index contributed by atoms with van der Waals surface area (Å²) in [6.45, 7) is 8.22. The molecule has 34 heavy (non-hydrogen) atoms. The van der Waals surface area contributed by atoms with Crippen molar-refractivity contribution in [2.75, 3.05) is 13.7 Å². The van der Waals surface area contributed by atoms with E-state index in [-0.39, 0.29) is 30.2 Å². The smallest absolute Gasteiger partial charge is 0.491 e. The number of aromatic nitrogens is 2. The largest absolute Gasteiger partial charge is 0.534 e. The van der Waals surface area contributed by atoms with Gasteiger partial charge in [0.1, 0.15) is 23.7 Å². The molecular weight excluding hydrogens is 609 g/mol. The van der Waals surface area contributed by atoms with Gasteiger partial charge in [0.2, 0.25) is 5.88 Å². The standard InChI is InChI=1S/C20H26F3IN3O5PS/c1-5-13(30-12-19(6-2,7-3)32-33-24)11-16(25-4)17-26-15-10-8-9-14(15)18(27-17)31-34(28,29)20(21,22)23/h5,11,33H,1,6-10,12H2,2-4H3/b13-11+,25-16?. The summed E-state index contributed by atoms with van der Waals surface area (Å²) in [5.74, 6) is -0.402. The summed E-state index contributed by atoms with van der Waals surface area (Å²) in [7, 11) is -4.44. The summed E-state index contributed by atoms with van der Waals surface area (Å²) >= 11 is 2.14. The number of hydrogen-bond donors (Lipinski definition) is 0. The summed E-state index contributed by atoms with van der Waals surface area (Å²) in [6.07, 6.45) is 5.71. The predicted molar refractivity (Wildman–Crippen MR) is 133 cm³/mol. The molecule has 8 nitrogen and oxygen atoms in total. The molecule has 2 rings (SSSR count). The lowest BCUT2D eigenvalue weighted by atomic mass is 9.99. The topological polar surface area (TPSA) is 100.0 Å². The molecule has 0 amide bonds. The highest BCUT2D eigenvalue weighted by atomic mass is 127. The third-order valence-corrected chi connectivity index (χ3v) is 7.48. The van der Waals surface area contributed by atoms with Crippen LogP contribution in [-0.4, -0.2) is 48.9 Å². The van der Waals surface area contributed by atoms with Crippen LogP contribution in [0.4, 0.5) is 13.2 Å². The molecular formula is C20H26F3IN3O5PS. The van der Waals surface area contributed by atoms with Crippen molar-refractivity contribution in [1.82, 2.24) is 9.97 Å². The van der Waals surface area contributed by atoms with Gasteiger partial charge in [-0.1, -0.05) is 20.4 Å². The normalized spacial score (nSPS) is 15.6. The molecule has 14 heteroatoms. The highest BCUT2D eigenvalue weighted by Crippen LogP contribution is 2.35. The third kappa shape index (κ3) is 6.88. The first-order chi connectivity index (χ1) is 16.0. The number of aryl methyl sites for hydroxylation is 1. The molecule has 0 aliphatic heterocycles. The van der Waals surface area contributed by atoms with Gasteiger partial charge >= 0.3 is 15.6 Å². The molecule has 1 unspecified atom stereocenters. The van der Waals surface area contributed by atoms with Crippen LogP contribution in [0.2, 0.25) is 0 Å². The van der Waals surface area contributed by atoms with Crippen molar-refractivity contribution in [2.45, 2.75) is 57.1 Å². The van der Waals surface area contributed by atoms with Crippen LogP contribution in [0.3, 0.4) is 0 Å². The molecule has 0 fully saturated rings. The second-order valence-corrected chi connectivity index (χ2v) is 10.5. The van der Waals surface area contributed by atoms with Crippen LogP contribution < -0.4 is 4.18 Å². The average molecular weight is 635 g/mol. The van der Waals surface area contributed by atoms with E-state index in [9.17, 15) is 21.6 Å². The van der Waals surface area contributed by atoms with E-state index in [0.717, 1.165) is 12.8 Å². The van der Waals surface area contributed by atoms with Gasteiger partial charge in [-0.3, -0.25) is 4.99 Å². The maximum atomic E-state index is 12.9. The quantitative estimate of drug-likeness (QED) is 0.0591. The van der Waals surface area contributed by atoms with E-state index in [1.807, 2.05) is 13.8 Å². The van der Waals surface area contributed by atoms with Gasteiger partial charge in [-0.15, -0.1) is 0 Å². The number of halogens is 4. The zero-order chi connectivity index (χ0) is 25.6. The third-order valence-electron chi connectivity index (χ3n) is 5.36. The maximum Gasteiger partial charge on any atom is 0.534 e. The molecule has 1 aromatic rings. The lowest BCUT2D eigenvalue weighted by Gasteiger charge is -2.30. The Morgan fingerprint density at radius 3 is 2.47 bits per heavy atom. The molecule has 1 atom stereocenters. The van der Waals surface area contributed by atoms with Crippen molar-refractivity contribution >= 4 is 44.3 Å². The molecule has 0 spiro atoms. The van der Waals surface area contributed by atoms with E-state index in [4.69, 9.17) is 9.26 Å². The Morgan fingerprint density at radius 2 is 1.94 bits per heavy atom. The second-order valence-electron chi connectivity index (χ2n) is 7.33. The highest BCUT2D eigenvalue weighted by Gasteiger charge is 2.49. The second kappa shape index (κ2) is 12.1. The van der Waals surface area contributed by atoms with Gasteiger partial charge in [-0.25, -0.2) is 4.98 Å². The van der Waals surface area contributed by atoms with Gasteiger partial charge in [0.25, 0.3) is 0 Å². The fourth-order valence-electron chi connectivity index (χ4n) is 3.18. The summed E-state index contributed by atoms with van der Waals surface area (Å²) in [5.41, 5.74) is -5.25. The monoisotopic (exact) mass is 635 g/mol. The van der Waals surface area contributed by atoms with Gasteiger partial charge in [0.15, 0.2) is 5.82 Å². The van der Waals surface area contributed by atoms with Crippen molar-refractivity contribution in [2.24, 2.45) is 4.99 Å². The summed E-state index contributed by atoms with van der Waals surface area (Å²) < 4.78 is 78.0. The van der Waals surface area contributed by atoms with Gasteiger partial charge in [-0.2, -0.15) is 26.6 Å². The molecule has 1 heterocycles. The van der Waals surface area contributed by atoms with E-state index < -0.39 is 27.1 Å². The summed E-state index contributed by atoms with van der Waals surface area (Å²) in [6, 6.07) is 0. The number of nitrogens with zero attached hydrogens (tertiary/aromatic N) is 3. The number of aliphatic imine (C=N–C) groups is 1. The fraction of sp³-hybridized carbons (Fsp3) is 0.550. The van der Waals surface area contributed by atoms with Crippen LogP contribution >= 0.6 is 28.5 Å². The minimum atomic E-state index is -5.89. The van der Waals surface area contributed by atoms with Crippen molar-refractivity contribution in [3.05, 3.63) is 41.6 Å². The fourth-order valence-corrected chi connectivity index (χ4v) is 5.53. The predicted octanol–water partition coefficient (Wildman–Crippen LogP) is 5.22. The number of ether oxygens (including phenoxy) is 1. The maximum absolute atomic E-state index is 12.9. The summed E-state index contributed by atoms with van der Waals surface area (Å²) in [5, 5.41) is 0. The molecule has 0 aromatic carbocycles. The minimum absolute atomic E-state index is 0.0827. The molecule has 0 saturated carbocycles. The Bertz CT molecular complexity index is 1060. The Kier molecular flexibility index (Phi) is 10.3. The van der Waals surface area contributed by atoms with Gasteiger partial charge in [-0.05, 0) is 60.2 Å². The van der Waals surface area contributed by atoms with Crippen LogP contribution in [0.1, 0.15) is 50.2 Å². The first kappa shape index (κ1) is 28.9. The van der Waals surface area contributed by atoms with Crippen molar-refractivity contribution < 1.29 is 35.0 Å². The number of rotatable bonds is 12. The molecule has 190 valence electrons. The Hall–Kier alpha value is -1.31. The van der Waals surface area contributed by atoms with E-state index >= 15 is 0 Å². The van der Waals surface area contributed by atoms with Crippen LogP contribution in [0, 0.1) is 0 Å². The molecule has 1 aromatic heterocycles. The van der Waals surface area contributed by atoms with Crippen molar-refractivity contribution in [1.29, 1.82) is 0 Å². The first-order valence-corrected chi connectivity index (χ1v) is 15.8. The zero-order valence-electron chi connectivity index (χ0n) is 18.9. The van der Waals surface area contributed by atoms with E-state index in [0.29, 0.717) is 30.7 Å². The molecule has 0 saturated heterocycles. The molecule has 1 aliphatic carbocycles. The molecule has 0 N–H and O–H groups in total. The number of hydrogen-bond acceptors (Lipinski definition) is 8. The SMILES string of the molecule is C=C/C(=C\C(=NC)c1nc2c(c(OS(=O)(=O)C(F)(F)F)n1)CCC2)OCC(CC)(CC)OPI. The van der Waals surface area contributed by atoms with Gasteiger partial charge in [0.05, 0.1) is 12.1 Å². The van der Waals surface area contributed by atoms with Gasteiger partial charge < -0.3 is 13.4 Å². The lowest BCUT2D eigenvalue weighted by Crippen LogP contribution is -2.34. The number of alkyl halides is 3. The highest BCUT2D eigenvalue weighted by molar-refractivity contribution is 14.2. The van der Waals surface area contributed by atoms with Crippen LogP contribution in [0.25, 0.3) is 0 Å². The van der Waals surface area contributed by atoms with Crippen LogP contribution in [-0.2, 0) is 32.2 Å². The lowest BCUT2D eigenvalue weighted by molar-refractivity contribution is -0.0501. The Morgan fingerprint density at radius 1 is 1.26 bits per heavy atom. The van der Waals surface area contributed by atoms with Crippen molar-refractivity contribution in [3.63, 3.8) is 0 Å². The van der Waals surface area contributed by atoms with Crippen LogP contribution in [0.5, 0.6) is 5.88 Å². The minimum Gasteiger partial charge on any atom is -0.491 e. The number of allylic oxidation sites excluding steroid dienone is 2. The zero-order valence-corrected chi connectivity index (χ0v) is 22.9. The molecule has 0 radical (unpaired) electrons. The summed E-state index contributed by atoms with van der Waals surface area (Å²) in [4.78, 5) is 12.5.